The van der Waals surface area contributed by atoms with Crippen molar-refractivity contribution in [3.05, 3.63) is 23.8 Å². The number of aliphatic imine (C=N–C) groups is 1. The molecule has 1 heterocycles. The molecule has 0 aromatic heterocycles. The molecule has 0 amide bonds. The molecule has 10 heteroatoms. The van der Waals surface area contributed by atoms with Crippen LogP contribution in [0, 0.1) is 0 Å². The van der Waals surface area contributed by atoms with Crippen molar-refractivity contribution in [2.45, 2.75) is 32.1 Å². The van der Waals surface area contributed by atoms with E-state index in [4.69, 9.17) is 4.74 Å². The summed E-state index contributed by atoms with van der Waals surface area (Å²) < 4.78 is 42.6. The highest BCUT2D eigenvalue weighted by Crippen LogP contribution is 2.29. The topological polar surface area (TPSA) is 69.1 Å². The molecule has 0 aliphatic carbocycles. The van der Waals surface area contributed by atoms with Crippen LogP contribution in [0.3, 0.4) is 0 Å². The molecule has 1 aromatic rings. The lowest BCUT2D eigenvalue weighted by atomic mass is 10.2. The number of halogens is 4. The molecular formula is C17H26F3IN4O2. The number of alkyl halides is 3. The Morgan fingerprint density at radius 1 is 1.41 bits per heavy atom. The maximum absolute atomic E-state index is 12.5. The molecule has 3 N–H and O–H groups in total. The molecule has 1 aliphatic rings. The summed E-state index contributed by atoms with van der Waals surface area (Å²) in [7, 11) is 1.47. The van der Waals surface area contributed by atoms with Crippen molar-refractivity contribution in [1.82, 2.24) is 15.5 Å². The first-order chi connectivity index (χ1) is 12.3. The molecule has 27 heavy (non-hydrogen) atoms. The minimum absolute atomic E-state index is 0. The minimum atomic E-state index is -4.18. The van der Waals surface area contributed by atoms with E-state index in [0.717, 1.165) is 0 Å². The predicted octanol–water partition coefficient (Wildman–Crippen LogP) is 2.71. The minimum Gasteiger partial charge on any atom is -0.504 e. The van der Waals surface area contributed by atoms with Crippen LogP contribution in [0.5, 0.6) is 11.5 Å². The number of aromatic hydroxyl groups is 1. The van der Waals surface area contributed by atoms with Gasteiger partial charge < -0.3 is 20.5 Å². The quantitative estimate of drug-likeness (QED) is 0.317. The number of likely N-dealkylation sites (tertiary alicyclic amines) is 1. The van der Waals surface area contributed by atoms with Crippen LogP contribution < -0.4 is 15.4 Å². The van der Waals surface area contributed by atoms with Crippen molar-refractivity contribution in [3.8, 4) is 11.5 Å². The molecule has 0 saturated carbocycles. The van der Waals surface area contributed by atoms with Crippen molar-refractivity contribution in [1.29, 1.82) is 0 Å². The molecule has 1 aliphatic heterocycles. The van der Waals surface area contributed by atoms with Gasteiger partial charge in [-0.2, -0.15) is 13.2 Å². The van der Waals surface area contributed by atoms with Gasteiger partial charge in [-0.1, -0.05) is 12.1 Å². The molecular weight excluding hydrogens is 476 g/mol. The summed E-state index contributed by atoms with van der Waals surface area (Å²) in [4.78, 5) is 5.81. The van der Waals surface area contributed by atoms with Crippen LogP contribution in [0.4, 0.5) is 13.2 Å². The van der Waals surface area contributed by atoms with Crippen molar-refractivity contribution < 1.29 is 23.0 Å². The molecule has 1 unspecified atom stereocenters. The number of phenolic OH excluding ortho intramolecular Hbond substituents is 1. The summed E-state index contributed by atoms with van der Waals surface area (Å²) in [5.74, 6) is 0.912. The lowest BCUT2D eigenvalue weighted by molar-refractivity contribution is -0.143. The first kappa shape index (κ1) is 23.6. The molecule has 1 fully saturated rings. The average molecular weight is 502 g/mol. The fourth-order valence-corrected chi connectivity index (χ4v) is 2.89. The smallest absolute Gasteiger partial charge is 0.401 e. The summed E-state index contributed by atoms with van der Waals surface area (Å²) in [6.45, 7) is 2.56. The van der Waals surface area contributed by atoms with E-state index >= 15 is 0 Å². The molecule has 1 saturated heterocycles. The Hall–Kier alpha value is -1.43. The van der Waals surface area contributed by atoms with Crippen LogP contribution in [0.2, 0.25) is 0 Å². The second-order valence-electron chi connectivity index (χ2n) is 6.14. The highest BCUT2D eigenvalue weighted by Gasteiger charge is 2.34. The predicted molar refractivity (Wildman–Crippen MR) is 109 cm³/mol. The van der Waals surface area contributed by atoms with Crippen molar-refractivity contribution in [3.63, 3.8) is 0 Å². The Morgan fingerprint density at radius 3 is 2.78 bits per heavy atom. The summed E-state index contributed by atoms with van der Waals surface area (Å²) in [6, 6.07) is 5.05. The number of hydrogen-bond acceptors (Lipinski definition) is 4. The van der Waals surface area contributed by atoms with E-state index in [-0.39, 0.29) is 42.3 Å². The first-order valence-corrected chi connectivity index (χ1v) is 8.51. The summed E-state index contributed by atoms with van der Waals surface area (Å²) in [5, 5.41) is 16.4. The van der Waals surface area contributed by atoms with Gasteiger partial charge in [-0.25, -0.2) is 4.99 Å². The fraction of sp³-hybridized carbons (Fsp3) is 0.588. The zero-order valence-electron chi connectivity index (χ0n) is 15.3. The Morgan fingerprint density at radius 2 is 2.15 bits per heavy atom. The van der Waals surface area contributed by atoms with Gasteiger partial charge in [0.25, 0.3) is 0 Å². The number of methoxy groups -OCH3 is 1. The number of phenols is 1. The van der Waals surface area contributed by atoms with Gasteiger partial charge in [-0.05, 0) is 19.4 Å². The van der Waals surface area contributed by atoms with Crippen LogP contribution in [0.25, 0.3) is 0 Å². The first-order valence-electron chi connectivity index (χ1n) is 8.51. The average Bonchev–Trinajstić information content (AvgIpc) is 2.99. The number of guanidine groups is 1. The number of rotatable bonds is 6. The fourth-order valence-electron chi connectivity index (χ4n) is 2.89. The van der Waals surface area contributed by atoms with E-state index in [1.165, 1.54) is 12.0 Å². The Kier molecular flexibility index (Phi) is 9.43. The van der Waals surface area contributed by atoms with Gasteiger partial charge in [-0.3, -0.25) is 4.90 Å². The third-order valence-electron chi connectivity index (χ3n) is 4.07. The highest BCUT2D eigenvalue weighted by atomic mass is 127. The van der Waals surface area contributed by atoms with Gasteiger partial charge >= 0.3 is 6.18 Å². The van der Waals surface area contributed by atoms with Gasteiger partial charge in [0.15, 0.2) is 17.5 Å². The monoisotopic (exact) mass is 502 g/mol. The molecule has 0 radical (unpaired) electrons. The summed E-state index contributed by atoms with van der Waals surface area (Å²) in [6.07, 6.45) is -3.57. The normalized spacial score (nSPS) is 18.1. The largest absolute Gasteiger partial charge is 0.504 e. The SMILES string of the molecule is CCNC(=NCc1cccc(OC)c1O)NC1CCN(CC(F)(F)F)C1.I. The summed E-state index contributed by atoms with van der Waals surface area (Å²) in [5.41, 5.74) is 0.603. The van der Waals surface area contributed by atoms with Gasteiger partial charge in [0, 0.05) is 31.2 Å². The molecule has 1 aromatic carbocycles. The van der Waals surface area contributed by atoms with E-state index in [2.05, 4.69) is 15.6 Å². The zero-order valence-corrected chi connectivity index (χ0v) is 17.7. The molecule has 1 atom stereocenters. The van der Waals surface area contributed by atoms with Crippen LogP contribution in [-0.4, -0.2) is 61.5 Å². The van der Waals surface area contributed by atoms with E-state index < -0.39 is 12.7 Å². The molecule has 2 rings (SSSR count). The second kappa shape index (κ2) is 10.8. The molecule has 0 bridgehead atoms. The maximum atomic E-state index is 12.5. The number of benzene rings is 1. The number of hydrogen-bond donors (Lipinski definition) is 3. The van der Waals surface area contributed by atoms with Crippen molar-refractivity contribution in [2.24, 2.45) is 4.99 Å². The zero-order chi connectivity index (χ0) is 19.2. The van der Waals surface area contributed by atoms with Crippen molar-refractivity contribution in [2.75, 3.05) is 33.3 Å². The van der Waals surface area contributed by atoms with E-state index in [1.54, 1.807) is 18.2 Å². The Balaban J connectivity index is 0.00000364. The van der Waals surface area contributed by atoms with Gasteiger partial charge in [0.2, 0.25) is 0 Å². The van der Waals surface area contributed by atoms with Crippen LogP contribution >= 0.6 is 24.0 Å². The van der Waals surface area contributed by atoms with Gasteiger partial charge in [0.05, 0.1) is 20.2 Å². The number of nitrogens with zero attached hydrogens (tertiary/aromatic N) is 2. The summed E-state index contributed by atoms with van der Waals surface area (Å²) >= 11 is 0. The molecule has 6 nitrogen and oxygen atoms in total. The third kappa shape index (κ3) is 7.60. The van der Waals surface area contributed by atoms with Gasteiger partial charge in [0.1, 0.15) is 0 Å². The maximum Gasteiger partial charge on any atom is 0.401 e. The third-order valence-corrected chi connectivity index (χ3v) is 4.07. The van der Waals surface area contributed by atoms with E-state index in [9.17, 15) is 18.3 Å². The van der Waals surface area contributed by atoms with Crippen LogP contribution in [0.15, 0.2) is 23.2 Å². The highest BCUT2D eigenvalue weighted by molar-refractivity contribution is 14.0. The lowest BCUT2D eigenvalue weighted by Crippen LogP contribution is -2.45. The second-order valence-corrected chi connectivity index (χ2v) is 6.14. The number of nitrogens with one attached hydrogen (secondary N) is 2. The molecule has 0 spiro atoms. The van der Waals surface area contributed by atoms with Gasteiger partial charge in [-0.15, -0.1) is 24.0 Å². The number of para-hydroxylation sites is 1. The van der Waals surface area contributed by atoms with Crippen molar-refractivity contribution >= 4 is 29.9 Å². The number of ether oxygens (including phenoxy) is 1. The Labute approximate surface area is 174 Å². The Bertz CT molecular complexity index is 629. The van der Waals surface area contributed by atoms with Crippen LogP contribution in [0.1, 0.15) is 18.9 Å². The lowest BCUT2D eigenvalue weighted by Gasteiger charge is -2.19. The van der Waals surface area contributed by atoms with E-state index in [1.807, 2.05) is 6.92 Å². The van der Waals surface area contributed by atoms with E-state index in [0.29, 0.717) is 43.3 Å². The molecule has 154 valence electrons. The van der Waals surface area contributed by atoms with Crippen LogP contribution in [-0.2, 0) is 6.54 Å². The standard InChI is InChI=1S/C17H25F3N4O2.HI/c1-3-21-16(22-9-12-5-4-6-14(26-2)15(12)25)23-13-7-8-24(10-13)11-17(18,19)20;/h4-6,13,25H,3,7-11H2,1-2H3,(H2,21,22,23);1H.